The van der Waals surface area contributed by atoms with Gasteiger partial charge in [0.15, 0.2) is 0 Å². The van der Waals surface area contributed by atoms with Crippen LogP contribution in [-0.4, -0.2) is 173 Å². The van der Waals surface area contributed by atoms with Crippen molar-refractivity contribution in [2.75, 3.05) is 164 Å². The number of carbonyl (C=O) groups excluding carboxylic acids is 1. The van der Waals surface area contributed by atoms with Gasteiger partial charge in [-0.05, 0) is 36.4 Å². The number of carbonyl (C=O) groups is 1. The Balaban J connectivity index is 1.16. The maximum atomic E-state index is 12.0. The molecule has 0 aromatic heterocycles. The van der Waals surface area contributed by atoms with Crippen LogP contribution in [0.4, 0.5) is 5.69 Å². The highest BCUT2D eigenvalue weighted by molar-refractivity contribution is 7.86. The van der Waals surface area contributed by atoms with Gasteiger partial charge in [0, 0.05) is 12.6 Å². The highest BCUT2D eigenvalue weighted by atomic mass is 32.2. The van der Waals surface area contributed by atoms with Crippen LogP contribution in [0.2, 0.25) is 0 Å². The van der Waals surface area contributed by atoms with Gasteiger partial charge in [0.05, 0.1) is 157 Å². The number of anilines is 1. The van der Waals surface area contributed by atoms with Crippen molar-refractivity contribution in [1.29, 1.82) is 0 Å². The first kappa shape index (κ1) is 49.3. The van der Waals surface area contributed by atoms with Crippen molar-refractivity contribution < 1.29 is 74.2 Å². The lowest BCUT2D eigenvalue weighted by Crippen LogP contribution is -2.16. The van der Waals surface area contributed by atoms with E-state index in [0.717, 1.165) is 5.69 Å². The summed E-state index contributed by atoms with van der Waals surface area (Å²) < 4.78 is 94.6. The summed E-state index contributed by atoms with van der Waals surface area (Å²) in [6, 6.07) is 15.1. The normalized spacial score (nSPS) is 11.6. The van der Waals surface area contributed by atoms with E-state index in [0.29, 0.717) is 151 Å². The van der Waals surface area contributed by atoms with Gasteiger partial charge >= 0.3 is 0 Å². The van der Waals surface area contributed by atoms with Crippen LogP contribution in [0, 0.1) is 0 Å². The second kappa shape index (κ2) is 35.4. The molecule has 0 aliphatic carbocycles. The molecule has 0 fully saturated rings. The lowest BCUT2D eigenvalue weighted by atomic mass is 10.3. The van der Waals surface area contributed by atoms with E-state index in [2.05, 4.69) is 5.32 Å². The van der Waals surface area contributed by atoms with Gasteiger partial charge in [-0.2, -0.15) is 8.42 Å². The Morgan fingerprint density at radius 2 is 0.732 bits per heavy atom. The molecule has 17 nitrogen and oxygen atoms in total. The number of rotatable bonds is 40. The molecule has 0 aliphatic rings. The average Bonchev–Trinajstić information content (AvgIpc) is 3.19. The second-order valence-corrected chi connectivity index (χ2v) is 13.0. The molecule has 2 aromatic carbocycles. The zero-order valence-electron chi connectivity index (χ0n) is 32.6. The van der Waals surface area contributed by atoms with E-state index in [9.17, 15) is 13.2 Å². The van der Waals surface area contributed by atoms with Gasteiger partial charge in [0.2, 0.25) is 5.91 Å². The molecule has 0 radical (unpaired) electrons. The maximum absolute atomic E-state index is 12.0. The van der Waals surface area contributed by atoms with Crippen molar-refractivity contribution in [3.63, 3.8) is 0 Å². The molecule has 0 atom stereocenters. The minimum Gasteiger partial charge on any atom is -0.491 e. The molecule has 0 aliphatic heterocycles. The molecule has 2 rings (SSSR count). The molecule has 0 unspecified atom stereocenters. The predicted octanol–water partition coefficient (Wildman–Crippen LogP) is 2.61. The Kier molecular flexibility index (Phi) is 31.1. The first-order chi connectivity index (χ1) is 27.5. The van der Waals surface area contributed by atoms with Crippen molar-refractivity contribution >= 4 is 21.7 Å². The fraction of sp³-hybridized carbons (Fsp3) is 0.658. The van der Waals surface area contributed by atoms with E-state index < -0.39 is 10.1 Å². The van der Waals surface area contributed by atoms with Crippen molar-refractivity contribution in [3.8, 4) is 5.75 Å². The monoisotopic (exact) mass is 819 g/mol. The summed E-state index contributed by atoms with van der Waals surface area (Å²) >= 11 is 0. The number of amides is 1. The summed E-state index contributed by atoms with van der Waals surface area (Å²) in [5.74, 6) is 0.595. The highest BCUT2D eigenvalue weighted by Gasteiger charge is 2.13. The number of hydrogen-bond donors (Lipinski definition) is 1. The van der Waals surface area contributed by atoms with Crippen LogP contribution >= 0.6 is 0 Å². The lowest BCUT2D eigenvalue weighted by Gasteiger charge is -2.09. The molecule has 320 valence electrons. The second-order valence-electron chi connectivity index (χ2n) is 11.4. The highest BCUT2D eigenvalue weighted by Crippen LogP contribution is 2.15. The van der Waals surface area contributed by atoms with Crippen molar-refractivity contribution in [2.24, 2.45) is 0 Å². The van der Waals surface area contributed by atoms with Crippen LogP contribution in [0.15, 0.2) is 59.5 Å². The van der Waals surface area contributed by atoms with Gasteiger partial charge in [-0.15, -0.1) is 0 Å². The van der Waals surface area contributed by atoms with Gasteiger partial charge in [-0.3, -0.25) is 8.98 Å². The van der Waals surface area contributed by atoms with Gasteiger partial charge in [0.25, 0.3) is 10.1 Å². The Morgan fingerprint density at radius 3 is 1.05 bits per heavy atom. The first-order valence-electron chi connectivity index (χ1n) is 18.8. The summed E-state index contributed by atoms with van der Waals surface area (Å²) in [6.07, 6.45) is 0. The molecular formula is C38H61NO16S. The minimum absolute atomic E-state index is 0.0644. The maximum Gasteiger partial charge on any atom is 0.297 e. The third kappa shape index (κ3) is 29.4. The van der Waals surface area contributed by atoms with E-state index >= 15 is 0 Å². The number of benzene rings is 2. The zero-order valence-corrected chi connectivity index (χ0v) is 33.4. The van der Waals surface area contributed by atoms with Gasteiger partial charge in [0.1, 0.15) is 12.4 Å². The average molecular weight is 820 g/mol. The molecule has 0 heterocycles. The molecule has 0 bridgehead atoms. The topological polar surface area (TPSA) is 183 Å². The van der Waals surface area contributed by atoms with Crippen LogP contribution in [0.1, 0.15) is 6.92 Å². The fourth-order valence-electron chi connectivity index (χ4n) is 4.22. The van der Waals surface area contributed by atoms with Gasteiger partial charge < -0.3 is 62.2 Å². The van der Waals surface area contributed by atoms with E-state index in [-0.39, 0.29) is 24.0 Å². The van der Waals surface area contributed by atoms with E-state index in [1.165, 1.54) is 19.1 Å². The smallest absolute Gasteiger partial charge is 0.297 e. The third-order valence-electron chi connectivity index (χ3n) is 6.89. The molecule has 0 saturated heterocycles. The summed E-state index contributed by atoms with van der Waals surface area (Å²) in [5, 5.41) is 2.71. The summed E-state index contributed by atoms with van der Waals surface area (Å²) in [4.78, 5) is 11.2. The van der Waals surface area contributed by atoms with Gasteiger partial charge in [-0.1, -0.05) is 18.2 Å². The Morgan fingerprint density at radius 1 is 0.429 bits per heavy atom. The molecule has 0 saturated carbocycles. The number of nitrogens with one attached hydrogen (secondary N) is 1. The molecule has 18 heteroatoms. The van der Waals surface area contributed by atoms with Crippen LogP contribution < -0.4 is 10.1 Å². The number of ether oxygens (including phenoxy) is 12. The first-order valence-corrected chi connectivity index (χ1v) is 20.2. The number of hydrogen-bond acceptors (Lipinski definition) is 16. The SMILES string of the molecule is CC(=O)Nc1ccc(OCCOCCOCCOCCOCCOCCOCCOCCOCCOCCOCCOCCOS(=O)(=O)c2ccccc2)cc1. The largest absolute Gasteiger partial charge is 0.491 e. The summed E-state index contributed by atoms with van der Waals surface area (Å²) in [5.41, 5.74) is 0.725. The Bertz CT molecular complexity index is 1290. The van der Waals surface area contributed by atoms with E-state index in [4.69, 9.17) is 61.0 Å². The Hall–Kier alpha value is -2.82. The summed E-state index contributed by atoms with van der Waals surface area (Å²) in [7, 11) is -3.77. The Labute approximate surface area is 331 Å². The predicted molar refractivity (Wildman–Crippen MR) is 205 cm³/mol. The van der Waals surface area contributed by atoms with Crippen molar-refractivity contribution in [2.45, 2.75) is 11.8 Å². The standard InChI is InChI=1S/C38H61NO16S/c1-35(40)39-36-7-9-37(10-8-36)54-33-31-52-29-27-50-25-23-48-21-19-46-17-15-44-13-11-43-12-14-45-16-18-47-20-22-49-24-26-51-28-30-53-32-34-55-56(41,42)38-5-3-2-4-6-38/h2-10H,11-34H2,1H3,(H,39,40). The summed E-state index contributed by atoms with van der Waals surface area (Å²) in [6.45, 7) is 11.5. The van der Waals surface area contributed by atoms with Gasteiger partial charge in [-0.25, -0.2) is 0 Å². The van der Waals surface area contributed by atoms with Crippen molar-refractivity contribution in [1.82, 2.24) is 0 Å². The van der Waals surface area contributed by atoms with Crippen LogP contribution in [0.3, 0.4) is 0 Å². The quantitative estimate of drug-likeness (QED) is 0.0764. The molecule has 0 spiro atoms. The third-order valence-corrected chi connectivity index (χ3v) is 8.22. The molecule has 2 aromatic rings. The zero-order chi connectivity index (χ0) is 40.0. The van der Waals surface area contributed by atoms with Crippen molar-refractivity contribution in [3.05, 3.63) is 54.6 Å². The molecule has 1 amide bonds. The molecule has 56 heavy (non-hydrogen) atoms. The lowest BCUT2D eigenvalue weighted by molar-refractivity contribution is -0.114. The molecular weight excluding hydrogens is 758 g/mol. The van der Waals surface area contributed by atoms with Crippen LogP contribution in [-0.2, 0) is 71.2 Å². The minimum atomic E-state index is -3.77. The van der Waals surface area contributed by atoms with E-state index in [1.807, 2.05) is 0 Å². The fourth-order valence-corrected chi connectivity index (χ4v) is 5.13. The van der Waals surface area contributed by atoms with E-state index in [1.54, 1.807) is 42.5 Å². The molecule has 1 N–H and O–H groups in total. The van der Waals surface area contributed by atoms with Crippen LogP contribution in [0.5, 0.6) is 5.75 Å². The van der Waals surface area contributed by atoms with Crippen LogP contribution in [0.25, 0.3) is 0 Å².